The molecular formula is C24H21N3O5S. The summed E-state index contributed by atoms with van der Waals surface area (Å²) in [5.74, 6) is -1.95. The molecule has 3 aromatic rings. The SMILES string of the molecule is CCc1ccc(N(C(C)=O)c2nc(COC(=O)CN3C(=O)c4ccccc4C3=O)cs2)cc1. The molecule has 8 nitrogen and oxygen atoms in total. The van der Waals surface area contributed by atoms with Crippen molar-refractivity contribution in [1.29, 1.82) is 0 Å². The number of rotatable bonds is 7. The first-order chi connectivity index (χ1) is 15.9. The Hall–Kier alpha value is -3.85. The third-order valence-corrected chi connectivity index (χ3v) is 6.07. The van der Waals surface area contributed by atoms with Gasteiger partial charge in [-0.1, -0.05) is 31.2 Å². The molecule has 0 saturated carbocycles. The van der Waals surface area contributed by atoms with E-state index in [9.17, 15) is 19.2 Å². The number of fused-ring (bicyclic) bond motifs is 1. The first-order valence-electron chi connectivity index (χ1n) is 10.3. The zero-order chi connectivity index (χ0) is 23.5. The van der Waals surface area contributed by atoms with Crippen molar-refractivity contribution in [3.8, 4) is 0 Å². The van der Waals surface area contributed by atoms with Crippen LogP contribution in [0, 0.1) is 0 Å². The molecule has 2 heterocycles. The van der Waals surface area contributed by atoms with Gasteiger partial charge in [0.25, 0.3) is 11.8 Å². The van der Waals surface area contributed by atoms with Crippen LogP contribution in [0.4, 0.5) is 10.8 Å². The lowest BCUT2D eigenvalue weighted by atomic mass is 10.1. The van der Waals surface area contributed by atoms with E-state index in [-0.39, 0.29) is 23.6 Å². The van der Waals surface area contributed by atoms with E-state index >= 15 is 0 Å². The van der Waals surface area contributed by atoms with Crippen LogP contribution in [-0.4, -0.2) is 40.1 Å². The minimum absolute atomic E-state index is 0.140. The first kappa shape index (κ1) is 22.3. The Balaban J connectivity index is 1.39. The molecule has 0 atom stereocenters. The van der Waals surface area contributed by atoms with Gasteiger partial charge in [-0.15, -0.1) is 11.3 Å². The summed E-state index contributed by atoms with van der Waals surface area (Å²) in [6.07, 6.45) is 0.897. The monoisotopic (exact) mass is 463 g/mol. The fourth-order valence-electron chi connectivity index (χ4n) is 3.48. The van der Waals surface area contributed by atoms with Crippen molar-refractivity contribution in [1.82, 2.24) is 9.88 Å². The number of aryl methyl sites for hydroxylation is 1. The van der Waals surface area contributed by atoms with Gasteiger partial charge in [0.2, 0.25) is 5.91 Å². The van der Waals surface area contributed by atoms with E-state index in [1.165, 1.54) is 23.2 Å². The van der Waals surface area contributed by atoms with Gasteiger partial charge < -0.3 is 4.74 Å². The van der Waals surface area contributed by atoms with Crippen LogP contribution in [0.2, 0.25) is 0 Å². The van der Waals surface area contributed by atoms with Crippen LogP contribution >= 0.6 is 11.3 Å². The van der Waals surface area contributed by atoms with Gasteiger partial charge in [-0.3, -0.25) is 29.0 Å². The summed E-state index contributed by atoms with van der Waals surface area (Å²) in [5.41, 5.74) is 2.86. The van der Waals surface area contributed by atoms with Crippen LogP contribution in [-0.2, 0) is 27.4 Å². The number of imide groups is 1. The quantitative estimate of drug-likeness (QED) is 0.391. The minimum atomic E-state index is -0.724. The largest absolute Gasteiger partial charge is 0.458 e. The lowest BCUT2D eigenvalue weighted by Gasteiger charge is -2.18. The summed E-state index contributed by atoms with van der Waals surface area (Å²) in [5, 5.41) is 2.15. The molecule has 0 saturated heterocycles. The molecule has 0 fully saturated rings. The number of ether oxygens (including phenoxy) is 1. The van der Waals surface area contributed by atoms with Gasteiger partial charge in [-0.25, -0.2) is 4.98 Å². The average molecular weight is 464 g/mol. The summed E-state index contributed by atoms with van der Waals surface area (Å²) in [4.78, 5) is 56.1. The fourth-order valence-corrected chi connectivity index (χ4v) is 4.36. The number of carbonyl (C=O) groups is 4. The number of esters is 1. The van der Waals surface area contributed by atoms with Gasteiger partial charge in [0.1, 0.15) is 13.2 Å². The number of hydrogen-bond acceptors (Lipinski definition) is 7. The number of hydrogen-bond donors (Lipinski definition) is 0. The van der Waals surface area contributed by atoms with Crippen molar-refractivity contribution < 1.29 is 23.9 Å². The summed E-state index contributed by atoms with van der Waals surface area (Å²) < 4.78 is 5.23. The van der Waals surface area contributed by atoms with E-state index in [2.05, 4.69) is 11.9 Å². The normalized spacial score (nSPS) is 12.6. The van der Waals surface area contributed by atoms with Crippen molar-refractivity contribution in [2.75, 3.05) is 11.4 Å². The van der Waals surface area contributed by atoms with Gasteiger partial charge in [-0.05, 0) is 36.2 Å². The van der Waals surface area contributed by atoms with E-state index < -0.39 is 24.3 Å². The van der Waals surface area contributed by atoms with Gasteiger partial charge in [-0.2, -0.15) is 0 Å². The predicted octanol–water partition coefficient (Wildman–Crippen LogP) is 3.73. The Bertz CT molecular complexity index is 1200. The van der Waals surface area contributed by atoms with E-state index in [0.717, 1.165) is 16.9 Å². The Kier molecular flexibility index (Phi) is 6.32. The fraction of sp³-hybridized carbons (Fsp3) is 0.208. The van der Waals surface area contributed by atoms with E-state index in [1.807, 2.05) is 24.3 Å². The van der Waals surface area contributed by atoms with E-state index in [0.29, 0.717) is 16.5 Å². The first-order valence-corrected chi connectivity index (χ1v) is 11.2. The van der Waals surface area contributed by atoms with E-state index in [4.69, 9.17) is 4.74 Å². The van der Waals surface area contributed by atoms with Crippen molar-refractivity contribution in [3.63, 3.8) is 0 Å². The summed E-state index contributed by atoms with van der Waals surface area (Å²) in [6, 6.07) is 14.1. The highest BCUT2D eigenvalue weighted by atomic mass is 32.1. The third-order valence-electron chi connectivity index (χ3n) is 5.20. The highest BCUT2D eigenvalue weighted by molar-refractivity contribution is 7.14. The molecule has 2 aromatic carbocycles. The number of nitrogens with zero attached hydrogens (tertiary/aromatic N) is 3. The number of aromatic nitrogens is 1. The number of carbonyl (C=O) groups excluding carboxylic acids is 4. The van der Waals surface area contributed by atoms with Crippen molar-refractivity contribution in [3.05, 3.63) is 76.3 Å². The highest BCUT2D eigenvalue weighted by Crippen LogP contribution is 2.29. The Morgan fingerprint density at radius 1 is 1.03 bits per heavy atom. The Morgan fingerprint density at radius 3 is 2.24 bits per heavy atom. The lowest BCUT2D eigenvalue weighted by molar-refractivity contribution is -0.145. The summed E-state index contributed by atoms with van der Waals surface area (Å²) in [6.45, 7) is 2.89. The predicted molar refractivity (Wildman–Crippen MR) is 122 cm³/mol. The molecule has 9 heteroatoms. The molecule has 0 spiro atoms. The molecule has 0 N–H and O–H groups in total. The van der Waals surface area contributed by atoms with Gasteiger partial charge >= 0.3 is 5.97 Å². The van der Waals surface area contributed by atoms with Crippen LogP contribution in [0.3, 0.4) is 0 Å². The average Bonchev–Trinajstić information content (AvgIpc) is 3.37. The Morgan fingerprint density at radius 2 is 1.67 bits per heavy atom. The standard InChI is InChI=1S/C24H21N3O5S/c1-3-16-8-10-18(11-9-16)27(15(2)28)24-25-17(14-33-24)13-32-21(29)12-26-22(30)19-6-4-5-7-20(19)23(26)31/h4-11,14H,3,12-13H2,1-2H3. The second kappa shape index (κ2) is 9.33. The number of benzene rings is 2. The van der Waals surface area contributed by atoms with Crippen molar-refractivity contribution in [2.45, 2.75) is 26.9 Å². The van der Waals surface area contributed by atoms with Crippen molar-refractivity contribution >= 4 is 45.8 Å². The second-order valence-corrected chi connectivity index (χ2v) is 8.24. The van der Waals surface area contributed by atoms with Crippen LogP contribution in [0.25, 0.3) is 0 Å². The molecule has 1 aromatic heterocycles. The smallest absolute Gasteiger partial charge is 0.326 e. The number of amides is 3. The second-order valence-electron chi connectivity index (χ2n) is 7.40. The van der Waals surface area contributed by atoms with Crippen molar-refractivity contribution in [2.24, 2.45) is 0 Å². The number of anilines is 2. The maximum atomic E-state index is 12.4. The van der Waals surface area contributed by atoms with E-state index in [1.54, 1.807) is 29.6 Å². The summed E-state index contributed by atoms with van der Waals surface area (Å²) in [7, 11) is 0. The molecule has 1 aliphatic heterocycles. The van der Waals surface area contributed by atoms with Gasteiger partial charge in [0, 0.05) is 12.3 Å². The molecule has 1 aliphatic rings. The molecule has 0 aliphatic carbocycles. The number of thiazole rings is 1. The molecule has 33 heavy (non-hydrogen) atoms. The highest BCUT2D eigenvalue weighted by Gasteiger charge is 2.36. The Labute approximate surface area is 194 Å². The minimum Gasteiger partial charge on any atom is -0.458 e. The molecular weight excluding hydrogens is 442 g/mol. The topological polar surface area (TPSA) is 96.9 Å². The maximum Gasteiger partial charge on any atom is 0.326 e. The van der Waals surface area contributed by atoms with Crippen LogP contribution in [0.15, 0.2) is 53.9 Å². The molecule has 0 bridgehead atoms. The molecule has 3 amide bonds. The maximum absolute atomic E-state index is 12.4. The zero-order valence-corrected chi connectivity index (χ0v) is 18.9. The third kappa shape index (κ3) is 4.54. The van der Waals surface area contributed by atoms with Gasteiger partial charge in [0.15, 0.2) is 5.13 Å². The lowest BCUT2D eigenvalue weighted by Crippen LogP contribution is -2.35. The molecule has 168 valence electrons. The summed E-state index contributed by atoms with van der Waals surface area (Å²) >= 11 is 1.25. The molecule has 0 unspecified atom stereocenters. The van der Waals surface area contributed by atoms with Gasteiger partial charge in [0.05, 0.1) is 22.5 Å². The van der Waals surface area contributed by atoms with Crippen LogP contribution < -0.4 is 4.90 Å². The molecule has 4 rings (SSSR count). The van der Waals surface area contributed by atoms with Crippen LogP contribution in [0.5, 0.6) is 0 Å². The zero-order valence-electron chi connectivity index (χ0n) is 18.1. The molecule has 0 radical (unpaired) electrons. The van der Waals surface area contributed by atoms with Crippen LogP contribution in [0.1, 0.15) is 45.8 Å².